The van der Waals surface area contributed by atoms with E-state index in [4.69, 9.17) is 10.8 Å². The molecule has 0 aromatic heterocycles. The largest absolute Gasteiger partial charge is 0.391 e. The molecule has 0 aliphatic rings. The van der Waals surface area contributed by atoms with Crippen LogP contribution >= 0.6 is 22.6 Å². The Kier molecular flexibility index (Phi) is 5.61. The number of aliphatic hydroxyl groups excluding tert-OH is 1. The van der Waals surface area contributed by atoms with Gasteiger partial charge < -0.3 is 16.2 Å². The number of nitrogens with two attached hydrogens (primary N) is 1. The molecular formula is C6H15IN2O. The van der Waals surface area contributed by atoms with E-state index >= 15 is 0 Å². The van der Waals surface area contributed by atoms with Crippen molar-refractivity contribution in [3.63, 3.8) is 0 Å². The Morgan fingerprint density at radius 1 is 1.60 bits per heavy atom. The molecule has 0 saturated carbocycles. The highest BCUT2D eigenvalue weighted by molar-refractivity contribution is 14.1. The Morgan fingerprint density at radius 2 is 2.10 bits per heavy atom. The van der Waals surface area contributed by atoms with Crippen LogP contribution in [0.2, 0.25) is 0 Å². The molecule has 3 atom stereocenters. The van der Waals surface area contributed by atoms with Gasteiger partial charge in [-0.2, -0.15) is 0 Å². The molecule has 0 bridgehead atoms. The summed E-state index contributed by atoms with van der Waals surface area (Å²) in [4.78, 5) is 0. The highest BCUT2D eigenvalue weighted by Crippen LogP contribution is 2.00. The smallest absolute Gasteiger partial charge is 0.0854 e. The third-order valence-corrected chi connectivity index (χ3v) is 2.54. The van der Waals surface area contributed by atoms with E-state index < -0.39 is 0 Å². The van der Waals surface area contributed by atoms with Crippen LogP contribution in [0.4, 0.5) is 0 Å². The van der Waals surface area contributed by atoms with Gasteiger partial charge >= 0.3 is 0 Å². The molecule has 3 nitrogen and oxygen atoms in total. The van der Waals surface area contributed by atoms with Crippen LogP contribution in [0.5, 0.6) is 0 Å². The third kappa shape index (κ3) is 5.40. The number of hydrogen-bond donors (Lipinski definition) is 3. The van der Waals surface area contributed by atoms with E-state index in [1.54, 1.807) is 6.92 Å². The number of nitrogens with one attached hydrogen (secondary N) is 1. The molecule has 3 unspecified atom stereocenters. The summed E-state index contributed by atoms with van der Waals surface area (Å²) in [5.41, 5.74) is 5.49. The average Bonchev–Trinajstić information content (AvgIpc) is 1.82. The zero-order valence-corrected chi connectivity index (χ0v) is 8.50. The molecule has 0 spiro atoms. The van der Waals surface area contributed by atoms with Gasteiger partial charge in [0, 0.05) is 12.6 Å². The maximum atomic E-state index is 9.02. The van der Waals surface area contributed by atoms with Crippen molar-refractivity contribution in [1.82, 2.24) is 5.32 Å². The highest BCUT2D eigenvalue weighted by atomic mass is 127. The molecular weight excluding hydrogens is 243 g/mol. The zero-order valence-electron chi connectivity index (χ0n) is 6.34. The maximum Gasteiger partial charge on any atom is 0.0854 e. The van der Waals surface area contributed by atoms with Gasteiger partial charge in [0.15, 0.2) is 0 Å². The third-order valence-electron chi connectivity index (χ3n) is 1.06. The summed E-state index contributed by atoms with van der Waals surface area (Å²) in [6.07, 6.45) is -0.320. The molecule has 0 aromatic rings. The molecule has 0 rings (SSSR count). The second-order valence-electron chi connectivity index (χ2n) is 2.53. The van der Waals surface area contributed by atoms with Crippen molar-refractivity contribution in [2.24, 2.45) is 5.73 Å². The molecule has 4 heteroatoms. The molecule has 0 aliphatic heterocycles. The number of halogens is 1. The lowest BCUT2D eigenvalue weighted by Gasteiger charge is -2.15. The normalized spacial score (nSPS) is 20.1. The molecule has 10 heavy (non-hydrogen) atoms. The first-order valence-corrected chi connectivity index (χ1v) is 4.59. The van der Waals surface area contributed by atoms with Gasteiger partial charge in [0.2, 0.25) is 0 Å². The van der Waals surface area contributed by atoms with Gasteiger partial charge in [-0.3, -0.25) is 0 Å². The summed E-state index contributed by atoms with van der Waals surface area (Å²) in [7, 11) is 0. The van der Waals surface area contributed by atoms with Gasteiger partial charge in [0.1, 0.15) is 0 Å². The Balaban J connectivity index is 3.30. The van der Waals surface area contributed by atoms with Crippen LogP contribution in [-0.2, 0) is 0 Å². The quantitative estimate of drug-likeness (QED) is 0.380. The lowest BCUT2D eigenvalue weighted by molar-refractivity contribution is 0.184. The van der Waals surface area contributed by atoms with Gasteiger partial charge in [-0.1, -0.05) is 22.6 Å². The van der Waals surface area contributed by atoms with Crippen molar-refractivity contribution in [2.45, 2.75) is 30.0 Å². The van der Waals surface area contributed by atoms with Crippen LogP contribution in [0.3, 0.4) is 0 Å². The number of rotatable bonds is 4. The molecule has 4 N–H and O–H groups in total. The molecule has 0 fully saturated rings. The number of alkyl halides is 1. The van der Waals surface area contributed by atoms with E-state index in [1.165, 1.54) is 0 Å². The van der Waals surface area contributed by atoms with Gasteiger partial charge in [-0.15, -0.1) is 0 Å². The van der Waals surface area contributed by atoms with Gasteiger partial charge in [-0.05, 0) is 13.8 Å². The van der Waals surface area contributed by atoms with Crippen LogP contribution in [-0.4, -0.2) is 27.8 Å². The lowest BCUT2D eigenvalue weighted by Crippen LogP contribution is -2.39. The first-order valence-electron chi connectivity index (χ1n) is 3.35. The molecule has 0 saturated heterocycles. The molecule has 0 radical (unpaired) electrons. The second kappa shape index (κ2) is 5.29. The first-order chi connectivity index (χ1) is 4.54. The predicted octanol–water partition coefficient (Wildman–Crippen LogP) is 0.0651. The van der Waals surface area contributed by atoms with Crippen LogP contribution in [0.15, 0.2) is 0 Å². The van der Waals surface area contributed by atoms with Crippen molar-refractivity contribution in [2.75, 3.05) is 6.54 Å². The summed E-state index contributed by atoms with van der Waals surface area (Å²) >= 11 is 2.15. The van der Waals surface area contributed by atoms with Gasteiger partial charge in [0.05, 0.1) is 10.2 Å². The monoisotopic (exact) mass is 258 g/mol. The fourth-order valence-electron chi connectivity index (χ4n) is 0.469. The Morgan fingerprint density at radius 3 is 2.40 bits per heavy atom. The fraction of sp³-hybridized carbons (Fsp3) is 1.00. The summed E-state index contributed by atoms with van der Waals surface area (Å²) in [5.74, 6) is 0. The molecule has 62 valence electrons. The summed E-state index contributed by atoms with van der Waals surface area (Å²) in [6.45, 7) is 4.43. The molecule has 0 heterocycles. The maximum absolute atomic E-state index is 9.02. The fourth-order valence-corrected chi connectivity index (χ4v) is 0.723. The van der Waals surface area contributed by atoms with Crippen molar-refractivity contribution in [1.29, 1.82) is 0 Å². The van der Waals surface area contributed by atoms with E-state index in [9.17, 15) is 0 Å². The minimum atomic E-state index is -0.320. The minimum Gasteiger partial charge on any atom is -0.391 e. The second-order valence-corrected chi connectivity index (χ2v) is 3.87. The Bertz CT molecular complexity index is 87.8. The highest BCUT2D eigenvalue weighted by Gasteiger charge is 2.08. The standard InChI is InChI=1S/C6H15IN2O/c1-4(8)3-9-6(7)5(2)10/h4-6,9-10H,3,8H2,1-2H3. The van der Waals surface area contributed by atoms with Crippen LogP contribution in [0.25, 0.3) is 0 Å². The topological polar surface area (TPSA) is 58.3 Å². The molecule has 0 amide bonds. The van der Waals surface area contributed by atoms with Crippen molar-refractivity contribution >= 4 is 22.6 Å². The van der Waals surface area contributed by atoms with E-state index in [2.05, 4.69) is 27.9 Å². The predicted molar refractivity (Wildman–Crippen MR) is 51.1 cm³/mol. The van der Waals surface area contributed by atoms with E-state index in [-0.39, 0.29) is 16.2 Å². The average molecular weight is 258 g/mol. The molecule has 0 aromatic carbocycles. The lowest BCUT2D eigenvalue weighted by atomic mass is 10.3. The van der Waals surface area contributed by atoms with E-state index in [0.717, 1.165) is 6.54 Å². The Labute approximate surface area is 75.5 Å². The Hall–Kier alpha value is 0.610. The minimum absolute atomic E-state index is 0.101. The van der Waals surface area contributed by atoms with Gasteiger partial charge in [0.25, 0.3) is 0 Å². The van der Waals surface area contributed by atoms with Gasteiger partial charge in [-0.25, -0.2) is 0 Å². The van der Waals surface area contributed by atoms with Crippen molar-refractivity contribution in [3.05, 3.63) is 0 Å². The summed E-state index contributed by atoms with van der Waals surface area (Å²) in [6, 6.07) is 0.149. The van der Waals surface area contributed by atoms with E-state index in [0.29, 0.717) is 0 Å². The number of aliphatic hydroxyl groups is 1. The van der Waals surface area contributed by atoms with Crippen molar-refractivity contribution < 1.29 is 5.11 Å². The number of hydrogen-bond acceptors (Lipinski definition) is 3. The zero-order chi connectivity index (χ0) is 8.15. The van der Waals surface area contributed by atoms with Crippen LogP contribution in [0.1, 0.15) is 13.8 Å². The van der Waals surface area contributed by atoms with Crippen LogP contribution in [0, 0.1) is 0 Å². The van der Waals surface area contributed by atoms with Crippen LogP contribution < -0.4 is 11.1 Å². The van der Waals surface area contributed by atoms with Crippen molar-refractivity contribution in [3.8, 4) is 0 Å². The SMILES string of the molecule is CC(N)CNC(I)C(C)O. The van der Waals surface area contributed by atoms with E-state index in [1.807, 2.05) is 6.92 Å². The first kappa shape index (κ1) is 10.6. The summed E-state index contributed by atoms with van der Waals surface area (Å²) in [5, 5.41) is 12.1. The summed E-state index contributed by atoms with van der Waals surface area (Å²) < 4.78 is 0.101. The molecule has 0 aliphatic carbocycles.